The van der Waals surface area contributed by atoms with Gasteiger partial charge < -0.3 is 10.8 Å². The number of carbonyl (C=O) groups is 2. The Labute approximate surface area is 108 Å². The topological polar surface area (TPSA) is 111 Å². The number of hydrogen-bond acceptors (Lipinski definition) is 4. The van der Waals surface area contributed by atoms with Crippen LogP contribution in [0, 0.1) is 13.8 Å². The molecule has 0 saturated carbocycles. The first kappa shape index (κ1) is 12.7. The van der Waals surface area contributed by atoms with Crippen LogP contribution in [0.1, 0.15) is 32.1 Å². The largest absolute Gasteiger partial charge is 0.478 e. The zero-order valence-corrected chi connectivity index (χ0v) is 10.4. The number of aromatic carboxylic acids is 1. The molecular weight excluding hydrogens is 248 g/mol. The zero-order chi connectivity index (χ0) is 14.2. The first-order chi connectivity index (χ1) is 8.91. The number of hydrogen-bond donors (Lipinski definition) is 2. The molecule has 0 aliphatic heterocycles. The van der Waals surface area contributed by atoms with Gasteiger partial charge in [0, 0.05) is 6.20 Å². The summed E-state index contributed by atoms with van der Waals surface area (Å²) in [7, 11) is 0. The number of aryl methyl sites for hydroxylation is 1. The van der Waals surface area contributed by atoms with Crippen molar-refractivity contribution in [3.63, 3.8) is 0 Å². The number of pyridine rings is 1. The van der Waals surface area contributed by atoms with Gasteiger partial charge in [-0.2, -0.15) is 5.10 Å². The third-order valence-electron chi connectivity index (χ3n) is 2.75. The molecule has 2 aromatic rings. The molecule has 0 aliphatic rings. The molecule has 7 nitrogen and oxygen atoms in total. The molecule has 0 saturated heterocycles. The van der Waals surface area contributed by atoms with E-state index < -0.39 is 11.9 Å². The Morgan fingerprint density at radius 2 is 2.00 bits per heavy atom. The summed E-state index contributed by atoms with van der Waals surface area (Å²) in [5, 5.41) is 13.2. The second kappa shape index (κ2) is 4.52. The van der Waals surface area contributed by atoms with E-state index in [2.05, 4.69) is 10.1 Å². The van der Waals surface area contributed by atoms with Crippen LogP contribution in [0.5, 0.6) is 0 Å². The number of amides is 1. The number of aromatic nitrogens is 3. The number of carboxylic acid groups (broad SMARTS) is 1. The van der Waals surface area contributed by atoms with Gasteiger partial charge in [0.1, 0.15) is 5.56 Å². The fourth-order valence-electron chi connectivity index (χ4n) is 1.83. The fourth-order valence-corrected chi connectivity index (χ4v) is 1.83. The molecule has 1 amide bonds. The third kappa shape index (κ3) is 2.17. The maximum Gasteiger partial charge on any atom is 0.339 e. The predicted molar refractivity (Wildman–Crippen MR) is 66.3 cm³/mol. The fraction of sp³-hybridized carbons (Fsp3) is 0.167. The number of nitrogens with zero attached hydrogens (tertiary/aromatic N) is 3. The number of rotatable bonds is 3. The van der Waals surface area contributed by atoms with Crippen molar-refractivity contribution in [3.05, 3.63) is 40.8 Å². The number of carboxylic acids is 1. The standard InChI is InChI=1S/C12H12N4O3/c1-6-10(12(18)19)7(2)16(15-6)9-4-3-8(5-14-9)11(13)17/h3-5H,1-2H3,(H2,13,17)(H,18,19). The molecule has 98 valence electrons. The molecule has 0 aromatic carbocycles. The van der Waals surface area contributed by atoms with Gasteiger partial charge in [0.2, 0.25) is 5.91 Å². The highest BCUT2D eigenvalue weighted by Crippen LogP contribution is 2.16. The van der Waals surface area contributed by atoms with E-state index in [0.29, 0.717) is 17.2 Å². The van der Waals surface area contributed by atoms with E-state index in [9.17, 15) is 9.59 Å². The Balaban J connectivity index is 2.51. The summed E-state index contributed by atoms with van der Waals surface area (Å²) < 4.78 is 1.42. The SMILES string of the molecule is Cc1nn(-c2ccc(C(N)=O)cn2)c(C)c1C(=O)O. The van der Waals surface area contributed by atoms with Gasteiger partial charge in [-0.05, 0) is 26.0 Å². The van der Waals surface area contributed by atoms with Gasteiger partial charge in [-0.1, -0.05) is 0 Å². The van der Waals surface area contributed by atoms with Gasteiger partial charge in [-0.3, -0.25) is 4.79 Å². The quantitative estimate of drug-likeness (QED) is 0.842. The van der Waals surface area contributed by atoms with Crippen LogP contribution >= 0.6 is 0 Å². The van der Waals surface area contributed by atoms with Crippen LogP contribution in [-0.4, -0.2) is 31.7 Å². The van der Waals surface area contributed by atoms with Crippen LogP contribution in [0.4, 0.5) is 0 Å². The van der Waals surface area contributed by atoms with Crippen molar-refractivity contribution in [2.75, 3.05) is 0 Å². The molecule has 0 aliphatic carbocycles. The Morgan fingerprint density at radius 3 is 2.42 bits per heavy atom. The molecule has 19 heavy (non-hydrogen) atoms. The van der Waals surface area contributed by atoms with Crippen molar-refractivity contribution in [1.82, 2.24) is 14.8 Å². The van der Waals surface area contributed by atoms with Gasteiger partial charge in [-0.15, -0.1) is 0 Å². The molecular formula is C12H12N4O3. The van der Waals surface area contributed by atoms with Crippen LogP contribution < -0.4 is 5.73 Å². The van der Waals surface area contributed by atoms with Crippen LogP contribution in [0.3, 0.4) is 0 Å². The summed E-state index contributed by atoms with van der Waals surface area (Å²) in [4.78, 5) is 26.1. The van der Waals surface area contributed by atoms with Crippen molar-refractivity contribution in [2.24, 2.45) is 5.73 Å². The van der Waals surface area contributed by atoms with Gasteiger partial charge in [0.25, 0.3) is 0 Å². The van der Waals surface area contributed by atoms with Crippen LogP contribution in [0.25, 0.3) is 5.82 Å². The lowest BCUT2D eigenvalue weighted by Crippen LogP contribution is -2.12. The minimum atomic E-state index is -1.03. The van der Waals surface area contributed by atoms with Crippen LogP contribution in [0.2, 0.25) is 0 Å². The zero-order valence-electron chi connectivity index (χ0n) is 10.4. The lowest BCUT2D eigenvalue weighted by Gasteiger charge is -2.03. The van der Waals surface area contributed by atoms with E-state index in [1.54, 1.807) is 19.9 Å². The minimum absolute atomic E-state index is 0.153. The van der Waals surface area contributed by atoms with Gasteiger partial charge in [0.05, 0.1) is 17.0 Å². The number of primary amides is 1. The molecule has 0 unspecified atom stereocenters. The number of nitrogens with two attached hydrogens (primary N) is 1. The normalized spacial score (nSPS) is 10.4. The highest BCUT2D eigenvalue weighted by Gasteiger charge is 2.19. The van der Waals surface area contributed by atoms with E-state index in [1.165, 1.54) is 16.9 Å². The summed E-state index contributed by atoms with van der Waals surface area (Å²) in [6, 6.07) is 3.08. The average Bonchev–Trinajstić information content (AvgIpc) is 2.65. The molecule has 3 N–H and O–H groups in total. The number of carbonyl (C=O) groups excluding carboxylic acids is 1. The van der Waals surface area contributed by atoms with E-state index in [4.69, 9.17) is 10.8 Å². The Bertz CT molecular complexity index is 658. The Hall–Kier alpha value is -2.70. The molecule has 0 spiro atoms. The Morgan fingerprint density at radius 1 is 1.32 bits per heavy atom. The van der Waals surface area contributed by atoms with Gasteiger partial charge in [-0.25, -0.2) is 14.5 Å². The lowest BCUT2D eigenvalue weighted by molar-refractivity contribution is 0.0695. The second-order valence-corrected chi connectivity index (χ2v) is 4.03. The second-order valence-electron chi connectivity index (χ2n) is 4.03. The monoisotopic (exact) mass is 260 g/mol. The smallest absolute Gasteiger partial charge is 0.339 e. The maximum absolute atomic E-state index is 11.1. The molecule has 0 radical (unpaired) electrons. The van der Waals surface area contributed by atoms with Crippen molar-refractivity contribution in [2.45, 2.75) is 13.8 Å². The molecule has 0 atom stereocenters. The lowest BCUT2D eigenvalue weighted by atomic mass is 10.2. The van der Waals surface area contributed by atoms with Crippen molar-refractivity contribution in [1.29, 1.82) is 0 Å². The third-order valence-corrected chi connectivity index (χ3v) is 2.75. The summed E-state index contributed by atoms with van der Waals surface area (Å²) in [6.45, 7) is 3.26. The first-order valence-corrected chi connectivity index (χ1v) is 5.47. The molecule has 2 aromatic heterocycles. The average molecular weight is 260 g/mol. The predicted octanol–water partition coefficient (Wildman–Crippen LogP) is 0.681. The summed E-state index contributed by atoms with van der Waals surface area (Å²) in [6.07, 6.45) is 1.33. The van der Waals surface area contributed by atoms with Crippen molar-refractivity contribution in [3.8, 4) is 5.82 Å². The van der Waals surface area contributed by atoms with E-state index in [0.717, 1.165) is 0 Å². The summed E-state index contributed by atoms with van der Waals surface area (Å²) in [5.41, 5.74) is 6.44. The van der Waals surface area contributed by atoms with Crippen LogP contribution in [-0.2, 0) is 0 Å². The molecule has 0 fully saturated rings. The van der Waals surface area contributed by atoms with E-state index in [1.807, 2.05) is 0 Å². The van der Waals surface area contributed by atoms with Gasteiger partial charge >= 0.3 is 5.97 Å². The molecule has 2 rings (SSSR count). The maximum atomic E-state index is 11.1. The van der Waals surface area contributed by atoms with Crippen molar-refractivity contribution < 1.29 is 14.7 Å². The highest BCUT2D eigenvalue weighted by atomic mass is 16.4. The molecule has 0 bridgehead atoms. The Kier molecular flexibility index (Phi) is 3.04. The van der Waals surface area contributed by atoms with E-state index >= 15 is 0 Å². The minimum Gasteiger partial charge on any atom is -0.478 e. The van der Waals surface area contributed by atoms with Gasteiger partial charge in [0.15, 0.2) is 5.82 Å². The molecule has 7 heteroatoms. The highest BCUT2D eigenvalue weighted by molar-refractivity contribution is 5.92. The molecule has 2 heterocycles. The first-order valence-electron chi connectivity index (χ1n) is 5.47. The summed E-state index contributed by atoms with van der Waals surface area (Å²) in [5.74, 6) is -1.17. The van der Waals surface area contributed by atoms with E-state index in [-0.39, 0.29) is 11.1 Å². The van der Waals surface area contributed by atoms with Crippen molar-refractivity contribution >= 4 is 11.9 Å². The van der Waals surface area contributed by atoms with Crippen LogP contribution in [0.15, 0.2) is 18.3 Å². The summed E-state index contributed by atoms with van der Waals surface area (Å²) >= 11 is 0.